The van der Waals surface area contributed by atoms with E-state index in [0.717, 1.165) is 23.4 Å². The van der Waals surface area contributed by atoms with Gasteiger partial charge in [-0.2, -0.15) is 0 Å². The number of para-hydroxylation sites is 2. The van der Waals surface area contributed by atoms with Gasteiger partial charge in [0.15, 0.2) is 11.0 Å². The van der Waals surface area contributed by atoms with E-state index in [1.165, 1.54) is 0 Å². The van der Waals surface area contributed by atoms with Crippen molar-refractivity contribution < 1.29 is 22.1 Å². The number of amidine groups is 1. The van der Waals surface area contributed by atoms with Crippen LogP contribution in [-0.4, -0.2) is 21.0 Å². The summed E-state index contributed by atoms with van der Waals surface area (Å²) in [4.78, 5) is 4.39. The number of rotatable bonds is 2. The molecule has 6 heteroatoms. The van der Waals surface area contributed by atoms with Gasteiger partial charge >= 0.3 is 0 Å². The molecule has 1 aliphatic heterocycles. The van der Waals surface area contributed by atoms with Gasteiger partial charge in [0.05, 0.1) is 13.6 Å². The number of imidazole rings is 1. The number of hydrogen-bond donors (Lipinski definition) is 2. The second kappa shape index (κ2) is 5.32. The van der Waals surface area contributed by atoms with Crippen molar-refractivity contribution in [1.82, 2.24) is 4.57 Å². The molecular formula is C16H21ClN4O. The van der Waals surface area contributed by atoms with E-state index in [2.05, 4.69) is 33.2 Å². The van der Waals surface area contributed by atoms with Crippen molar-refractivity contribution in [2.75, 3.05) is 0 Å². The minimum atomic E-state index is -0.665. The second-order valence-electron chi connectivity index (χ2n) is 5.90. The van der Waals surface area contributed by atoms with Crippen LogP contribution in [0.5, 0.6) is 0 Å². The molecule has 3 rings (SSSR count). The van der Waals surface area contributed by atoms with Crippen molar-refractivity contribution >= 4 is 22.4 Å². The number of aliphatic imine (C=N–C) groups is 1. The number of nitrogens with zero attached hydrogens (tertiary/aromatic N) is 3. The van der Waals surface area contributed by atoms with Crippen LogP contribution >= 0.6 is 0 Å². The quantitative estimate of drug-likeness (QED) is 0.690. The molecule has 0 saturated carbocycles. The molecule has 118 valence electrons. The Hall–Kier alpha value is -2.01. The Labute approximate surface area is 136 Å². The molecule has 0 amide bonds. The third kappa shape index (κ3) is 2.08. The van der Waals surface area contributed by atoms with Crippen LogP contribution in [0.3, 0.4) is 0 Å². The Bertz CT molecular complexity index is 802. The van der Waals surface area contributed by atoms with Gasteiger partial charge in [-0.05, 0) is 32.9 Å². The standard InChI is InChI=1S/C16H20N4O.ClH/c1-5-20-11-9-7-6-8-10(11)19(4)15(20)12-13(21)16(2,3)18-14(12)17;/h6-9H,5H2,1-4H3,(H2,17,18);1H. The maximum atomic E-state index is 10.6. The van der Waals surface area contributed by atoms with Gasteiger partial charge in [0.25, 0.3) is 5.82 Å². The van der Waals surface area contributed by atoms with Gasteiger partial charge in [-0.1, -0.05) is 12.1 Å². The van der Waals surface area contributed by atoms with Gasteiger partial charge in [0.2, 0.25) is 0 Å². The van der Waals surface area contributed by atoms with E-state index < -0.39 is 5.54 Å². The van der Waals surface area contributed by atoms with Crippen LogP contribution in [0.25, 0.3) is 16.6 Å². The average Bonchev–Trinajstić information content (AvgIpc) is 2.82. The van der Waals surface area contributed by atoms with E-state index in [9.17, 15) is 5.11 Å². The Morgan fingerprint density at radius 2 is 1.95 bits per heavy atom. The molecule has 0 radical (unpaired) electrons. The topological polar surface area (TPSA) is 67.4 Å². The molecule has 1 aliphatic rings. The summed E-state index contributed by atoms with van der Waals surface area (Å²) in [6.45, 7) is 6.60. The van der Waals surface area contributed by atoms with Crippen LogP contribution in [0.1, 0.15) is 26.6 Å². The first-order valence-electron chi connectivity index (χ1n) is 7.15. The van der Waals surface area contributed by atoms with Crippen LogP contribution in [0, 0.1) is 0 Å². The summed E-state index contributed by atoms with van der Waals surface area (Å²) in [5.41, 5.74) is 8.30. The number of fused-ring (bicyclic) bond motifs is 1. The zero-order valence-electron chi connectivity index (χ0n) is 13.3. The van der Waals surface area contributed by atoms with Crippen molar-refractivity contribution in [2.45, 2.75) is 32.9 Å². The molecule has 0 fully saturated rings. The van der Waals surface area contributed by atoms with E-state index >= 15 is 0 Å². The number of aliphatic hydroxyl groups excluding tert-OH is 1. The largest absolute Gasteiger partial charge is 1.00 e. The van der Waals surface area contributed by atoms with Crippen LogP contribution in [0.15, 0.2) is 35.0 Å². The van der Waals surface area contributed by atoms with Crippen molar-refractivity contribution in [3.63, 3.8) is 0 Å². The zero-order chi connectivity index (χ0) is 15.4. The molecule has 0 aliphatic carbocycles. The minimum Gasteiger partial charge on any atom is -1.00 e. The van der Waals surface area contributed by atoms with E-state index in [-0.39, 0.29) is 18.2 Å². The van der Waals surface area contributed by atoms with Crippen LogP contribution in [0.2, 0.25) is 0 Å². The molecule has 22 heavy (non-hydrogen) atoms. The Balaban J connectivity index is 0.00000176. The molecule has 0 bridgehead atoms. The lowest BCUT2D eigenvalue weighted by Crippen LogP contribution is -3.00. The fraction of sp³-hybridized carbons (Fsp3) is 0.375. The Kier molecular flexibility index (Phi) is 3.96. The smallest absolute Gasteiger partial charge is 0.296 e. The van der Waals surface area contributed by atoms with E-state index in [1.54, 1.807) is 0 Å². The molecule has 2 heterocycles. The summed E-state index contributed by atoms with van der Waals surface area (Å²) < 4.78 is 4.22. The average molecular weight is 321 g/mol. The molecule has 5 nitrogen and oxygen atoms in total. The summed E-state index contributed by atoms with van der Waals surface area (Å²) >= 11 is 0. The van der Waals surface area contributed by atoms with Gasteiger partial charge < -0.3 is 23.2 Å². The number of hydrogen-bond acceptors (Lipinski definition) is 3. The minimum absolute atomic E-state index is 0. The molecule has 0 unspecified atom stereocenters. The van der Waals surface area contributed by atoms with Gasteiger partial charge in [-0.15, -0.1) is 0 Å². The number of halogens is 1. The fourth-order valence-electron chi connectivity index (χ4n) is 3.07. The predicted molar refractivity (Wildman–Crippen MR) is 84.0 cm³/mol. The highest BCUT2D eigenvalue weighted by atomic mass is 35.5. The highest BCUT2D eigenvalue weighted by Crippen LogP contribution is 2.34. The Morgan fingerprint density at radius 3 is 2.50 bits per heavy atom. The van der Waals surface area contributed by atoms with Gasteiger partial charge in [0.1, 0.15) is 22.7 Å². The van der Waals surface area contributed by atoms with Gasteiger partial charge in [-0.3, -0.25) is 4.99 Å². The number of nitrogens with two attached hydrogens (primary N) is 1. The summed E-state index contributed by atoms with van der Waals surface area (Å²) in [5.74, 6) is 1.52. The van der Waals surface area contributed by atoms with Crippen LogP contribution in [0.4, 0.5) is 0 Å². The molecule has 0 spiro atoms. The SMILES string of the molecule is CCn1c(C2=C(O)C(C)(C)N=C2N)[n+](C)c2ccccc21.[Cl-]. The van der Waals surface area contributed by atoms with Crippen LogP contribution in [-0.2, 0) is 13.6 Å². The number of aromatic nitrogens is 2. The number of aryl methyl sites for hydroxylation is 2. The first-order chi connectivity index (χ1) is 9.88. The summed E-state index contributed by atoms with van der Waals surface area (Å²) in [6.07, 6.45) is 0. The molecular weight excluding hydrogens is 300 g/mol. The van der Waals surface area contributed by atoms with E-state index in [0.29, 0.717) is 11.4 Å². The van der Waals surface area contributed by atoms with E-state index in [4.69, 9.17) is 5.73 Å². The Morgan fingerprint density at radius 1 is 1.32 bits per heavy atom. The van der Waals surface area contributed by atoms with Crippen molar-refractivity contribution in [2.24, 2.45) is 17.8 Å². The molecule has 1 aromatic heterocycles. The highest BCUT2D eigenvalue weighted by Gasteiger charge is 2.40. The van der Waals surface area contributed by atoms with Crippen molar-refractivity contribution in [3.8, 4) is 0 Å². The lowest BCUT2D eigenvalue weighted by molar-refractivity contribution is -0.648. The highest BCUT2D eigenvalue weighted by molar-refractivity contribution is 6.23. The third-order valence-corrected chi connectivity index (χ3v) is 4.12. The van der Waals surface area contributed by atoms with E-state index in [1.807, 2.05) is 33.0 Å². The third-order valence-electron chi connectivity index (χ3n) is 4.12. The molecule has 2 aromatic rings. The summed E-state index contributed by atoms with van der Waals surface area (Å²) in [7, 11) is 1.99. The number of benzene rings is 1. The normalized spacial score (nSPS) is 16.8. The molecule has 0 atom stereocenters. The monoisotopic (exact) mass is 320 g/mol. The molecule has 3 N–H and O–H groups in total. The lowest BCUT2D eigenvalue weighted by Gasteiger charge is -2.13. The fourth-order valence-corrected chi connectivity index (χ4v) is 3.07. The maximum absolute atomic E-state index is 10.6. The predicted octanol–water partition coefficient (Wildman–Crippen LogP) is -1.09. The number of aliphatic hydroxyl groups is 1. The van der Waals surface area contributed by atoms with Gasteiger partial charge in [0, 0.05) is 0 Å². The maximum Gasteiger partial charge on any atom is 0.296 e. The first-order valence-corrected chi connectivity index (χ1v) is 7.15. The molecule has 0 saturated heterocycles. The van der Waals surface area contributed by atoms with Crippen LogP contribution < -0.4 is 22.7 Å². The summed E-state index contributed by atoms with van der Waals surface area (Å²) in [5, 5.41) is 10.6. The van der Waals surface area contributed by atoms with Crippen molar-refractivity contribution in [1.29, 1.82) is 0 Å². The first kappa shape index (κ1) is 16.4. The van der Waals surface area contributed by atoms with Gasteiger partial charge in [-0.25, -0.2) is 9.13 Å². The van der Waals surface area contributed by atoms with Crippen molar-refractivity contribution in [3.05, 3.63) is 35.8 Å². The molecule has 1 aromatic carbocycles. The summed E-state index contributed by atoms with van der Waals surface area (Å²) in [6, 6.07) is 8.17. The lowest BCUT2D eigenvalue weighted by atomic mass is 10.0. The zero-order valence-corrected chi connectivity index (χ0v) is 14.0. The second-order valence-corrected chi connectivity index (χ2v) is 5.90.